The Morgan fingerprint density at radius 2 is 1.92 bits per heavy atom. The number of methoxy groups -OCH3 is 1. The molecule has 7 nitrogen and oxygen atoms in total. The quantitative estimate of drug-likeness (QED) is 0.589. The van der Waals surface area contributed by atoms with Gasteiger partial charge in [-0.2, -0.15) is 13.5 Å². The topological polar surface area (TPSA) is 97.2 Å². The van der Waals surface area contributed by atoms with Crippen LogP contribution in [0.4, 0.5) is 0 Å². The van der Waals surface area contributed by atoms with Crippen molar-refractivity contribution in [3.8, 4) is 17.2 Å². The molecule has 8 heteroatoms. The third-order valence-electron chi connectivity index (χ3n) is 3.03. The van der Waals surface area contributed by atoms with Crippen molar-refractivity contribution >= 4 is 16.2 Å². The molecule has 2 N–H and O–H groups in total. The Balaban J connectivity index is 2.07. The summed E-state index contributed by atoms with van der Waals surface area (Å²) in [5.41, 5.74) is 0.516. The van der Waals surface area contributed by atoms with Crippen LogP contribution in [0.15, 0.2) is 52.5 Å². The minimum absolute atomic E-state index is 0.0594. The van der Waals surface area contributed by atoms with E-state index in [0.717, 1.165) is 0 Å². The van der Waals surface area contributed by atoms with Gasteiger partial charge in [0.05, 0.1) is 24.8 Å². The molecular formula is C16H18N2O5S. The van der Waals surface area contributed by atoms with Gasteiger partial charge in [-0.1, -0.05) is 0 Å². The maximum Gasteiger partial charge on any atom is 0.276 e. The molecule has 0 aromatic heterocycles. The molecule has 2 rings (SSSR count). The second-order valence-electron chi connectivity index (χ2n) is 4.69. The SMILES string of the molecule is CCOc1ccc(S(=O)(=O)N/N=C/c2ccc(OC)c(O)c2)cc1. The Morgan fingerprint density at radius 1 is 1.21 bits per heavy atom. The van der Waals surface area contributed by atoms with Crippen LogP contribution in [0.2, 0.25) is 0 Å². The van der Waals surface area contributed by atoms with Crippen LogP contribution in [0, 0.1) is 0 Å². The molecule has 2 aromatic carbocycles. The lowest BCUT2D eigenvalue weighted by Gasteiger charge is -2.06. The van der Waals surface area contributed by atoms with Gasteiger partial charge in [0.25, 0.3) is 10.0 Å². The second kappa shape index (κ2) is 7.69. The van der Waals surface area contributed by atoms with Gasteiger partial charge in [0, 0.05) is 0 Å². The third-order valence-corrected chi connectivity index (χ3v) is 4.27. The number of hydrazone groups is 1. The van der Waals surface area contributed by atoms with Crippen LogP contribution in [-0.4, -0.2) is 33.5 Å². The van der Waals surface area contributed by atoms with Crippen LogP contribution in [0.1, 0.15) is 12.5 Å². The highest BCUT2D eigenvalue weighted by Gasteiger charge is 2.12. The summed E-state index contributed by atoms with van der Waals surface area (Å²) in [6.07, 6.45) is 1.28. The molecule has 0 bridgehead atoms. The van der Waals surface area contributed by atoms with Crippen molar-refractivity contribution in [3.63, 3.8) is 0 Å². The zero-order valence-corrected chi connectivity index (χ0v) is 14.1. The van der Waals surface area contributed by atoms with Crippen molar-refractivity contribution in [2.24, 2.45) is 5.10 Å². The standard InChI is InChI=1S/C16H18N2O5S/c1-3-23-13-5-7-14(8-6-13)24(20,21)18-17-11-12-4-9-16(22-2)15(19)10-12/h4-11,18-19H,3H2,1-2H3/b17-11+. The van der Waals surface area contributed by atoms with Gasteiger partial charge in [0.2, 0.25) is 0 Å². The summed E-state index contributed by atoms with van der Waals surface area (Å²) >= 11 is 0. The van der Waals surface area contributed by atoms with Crippen molar-refractivity contribution in [2.75, 3.05) is 13.7 Å². The highest BCUT2D eigenvalue weighted by atomic mass is 32.2. The molecule has 128 valence electrons. The number of phenolic OH excluding ortho intramolecular Hbond substituents is 1. The number of nitrogens with one attached hydrogen (secondary N) is 1. The number of hydrogen-bond acceptors (Lipinski definition) is 6. The highest BCUT2D eigenvalue weighted by molar-refractivity contribution is 7.89. The molecule has 0 aliphatic carbocycles. The number of ether oxygens (including phenoxy) is 2. The maximum absolute atomic E-state index is 12.1. The van der Waals surface area contributed by atoms with E-state index < -0.39 is 10.0 Å². The number of aromatic hydroxyl groups is 1. The van der Waals surface area contributed by atoms with E-state index in [1.807, 2.05) is 6.92 Å². The average molecular weight is 350 g/mol. The summed E-state index contributed by atoms with van der Waals surface area (Å²) in [5.74, 6) is 0.853. The molecule has 0 aliphatic rings. The summed E-state index contributed by atoms with van der Waals surface area (Å²) < 4.78 is 34.4. The number of sulfonamides is 1. The Labute approximate surface area is 140 Å². The van der Waals surface area contributed by atoms with Gasteiger partial charge in [0.1, 0.15) is 5.75 Å². The number of hydrogen-bond donors (Lipinski definition) is 2. The molecule has 0 fully saturated rings. The first-order valence-corrected chi connectivity index (χ1v) is 8.59. The Hall–Kier alpha value is -2.74. The predicted molar refractivity (Wildman–Crippen MR) is 90.2 cm³/mol. The molecule has 0 saturated carbocycles. The van der Waals surface area contributed by atoms with Crippen molar-refractivity contribution in [3.05, 3.63) is 48.0 Å². The predicted octanol–water partition coefficient (Wildman–Crippen LogP) is 2.11. The van der Waals surface area contributed by atoms with Crippen LogP contribution in [0.3, 0.4) is 0 Å². The fraction of sp³-hybridized carbons (Fsp3) is 0.188. The molecule has 2 aromatic rings. The van der Waals surface area contributed by atoms with E-state index >= 15 is 0 Å². The van der Waals surface area contributed by atoms with Crippen molar-refractivity contribution < 1.29 is 23.0 Å². The largest absolute Gasteiger partial charge is 0.504 e. The maximum atomic E-state index is 12.1. The van der Waals surface area contributed by atoms with E-state index in [2.05, 4.69) is 9.93 Å². The van der Waals surface area contributed by atoms with E-state index in [9.17, 15) is 13.5 Å². The van der Waals surface area contributed by atoms with Gasteiger partial charge < -0.3 is 14.6 Å². The van der Waals surface area contributed by atoms with Gasteiger partial charge in [-0.05, 0) is 55.0 Å². The van der Waals surface area contributed by atoms with Crippen LogP contribution in [0.25, 0.3) is 0 Å². The van der Waals surface area contributed by atoms with Crippen LogP contribution in [0.5, 0.6) is 17.2 Å². The molecule has 0 radical (unpaired) electrons. The summed E-state index contributed by atoms with van der Waals surface area (Å²) in [6, 6.07) is 10.6. The first-order chi connectivity index (χ1) is 11.5. The molecule has 0 amide bonds. The second-order valence-corrected chi connectivity index (χ2v) is 6.35. The Bertz CT molecular complexity index is 817. The summed E-state index contributed by atoms with van der Waals surface area (Å²) in [6.45, 7) is 2.35. The van der Waals surface area contributed by atoms with E-state index in [-0.39, 0.29) is 10.6 Å². The van der Waals surface area contributed by atoms with E-state index in [1.165, 1.54) is 31.5 Å². The lowest BCUT2D eigenvalue weighted by Crippen LogP contribution is -2.18. The van der Waals surface area contributed by atoms with Crippen molar-refractivity contribution in [1.82, 2.24) is 4.83 Å². The number of phenols is 1. The molecule has 0 heterocycles. The monoisotopic (exact) mass is 350 g/mol. The number of nitrogens with zero attached hydrogens (tertiary/aromatic N) is 1. The Kier molecular flexibility index (Phi) is 5.64. The van der Waals surface area contributed by atoms with Crippen molar-refractivity contribution in [1.29, 1.82) is 0 Å². The van der Waals surface area contributed by atoms with Gasteiger partial charge in [-0.15, -0.1) is 0 Å². The molecular weight excluding hydrogens is 332 g/mol. The molecule has 0 aliphatic heterocycles. The van der Waals surface area contributed by atoms with E-state index in [4.69, 9.17) is 9.47 Å². The molecule has 0 saturated heterocycles. The zero-order valence-electron chi connectivity index (χ0n) is 13.3. The van der Waals surface area contributed by atoms with Crippen LogP contribution >= 0.6 is 0 Å². The fourth-order valence-electron chi connectivity index (χ4n) is 1.89. The van der Waals surface area contributed by atoms with Crippen LogP contribution in [-0.2, 0) is 10.0 Å². The lowest BCUT2D eigenvalue weighted by atomic mass is 10.2. The van der Waals surface area contributed by atoms with Gasteiger partial charge in [-0.25, -0.2) is 4.83 Å². The zero-order chi connectivity index (χ0) is 17.6. The summed E-state index contributed by atoms with van der Waals surface area (Å²) in [5, 5.41) is 13.4. The summed E-state index contributed by atoms with van der Waals surface area (Å²) in [4.78, 5) is 2.18. The normalized spacial score (nSPS) is 11.4. The van der Waals surface area contributed by atoms with Crippen molar-refractivity contribution in [2.45, 2.75) is 11.8 Å². The Morgan fingerprint density at radius 3 is 2.50 bits per heavy atom. The first kappa shape index (κ1) is 17.6. The average Bonchev–Trinajstić information content (AvgIpc) is 2.56. The minimum Gasteiger partial charge on any atom is -0.504 e. The highest BCUT2D eigenvalue weighted by Crippen LogP contribution is 2.25. The lowest BCUT2D eigenvalue weighted by molar-refractivity contribution is 0.340. The molecule has 24 heavy (non-hydrogen) atoms. The van der Waals surface area contributed by atoms with E-state index in [1.54, 1.807) is 24.3 Å². The van der Waals surface area contributed by atoms with Gasteiger partial charge >= 0.3 is 0 Å². The number of rotatable bonds is 7. The van der Waals surface area contributed by atoms with Crippen LogP contribution < -0.4 is 14.3 Å². The molecule has 0 spiro atoms. The smallest absolute Gasteiger partial charge is 0.276 e. The fourth-order valence-corrected chi connectivity index (χ4v) is 2.68. The van der Waals surface area contributed by atoms with Gasteiger partial charge in [-0.3, -0.25) is 0 Å². The molecule has 0 atom stereocenters. The minimum atomic E-state index is -3.78. The molecule has 0 unspecified atom stereocenters. The third kappa shape index (κ3) is 4.39. The summed E-state index contributed by atoms with van der Waals surface area (Å²) in [7, 11) is -2.34. The number of benzene rings is 2. The van der Waals surface area contributed by atoms with E-state index in [0.29, 0.717) is 23.7 Å². The first-order valence-electron chi connectivity index (χ1n) is 7.11. The van der Waals surface area contributed by atoms with Gasteiger partial charge in [0.15, 0.2) is 11.5 Å².